The minimum absolute atomic E-state index is 0.00908. The maximum atomic E-state index is 6.11. The van der Waals surface area contributed by atoms with Crippen LogP contribution < -0.4 is 10.1 Å². The summed E-state index contributed by atoms with van der Waals surface area (Å²) >= 11 is 12.1. The number of likely N-dealkylation sites (N-methyl/N-ethyl adjacent to an activating group) is 1. The summed E-state index contributed by atoms with van der Waals surface area (Å²) in [4.78, 5) is 0. The summed E-state index contributed by atoms with van der Waals surface area (Å²) in [5.74, 6) is 0.596. The molecule has 0 aliphatic heterocycles. The van der Waals surface area contributed by atoms with E-state index in [9.17, 15) is 0 Å². The van der Waals surface area contributed by atoms with Gasteiger partial charge in [-0.3, -0.25) is 0 Å². The van der Waals surface area contributed by atoms with Crippen molar-refractivity contribution in [2.24, 2.45) is 0 Å². The van der Waals surface area contributed by atoms with E-state index < -0.39 is 0 Å². The van der Waals surface area contributed by atoms with Crippen LogP contribution in [0.5, 0.6) is 5.75 Å². The fourth-order valence-corrected chi connectivity index (χ4v) is 2.52. The van der Waals surface area contributed by atoms with E-state index >= 15 is 0 Å². The third-order valence-electron chi connectivity index (χ3n) is 3.39. The summed E-state index contributed by atoms with van der Waals surface area (Å²) < 4.78 is 16.7. The van der Waals surface area contributed by atoms with E-state index in [0.29, 0.717) is 29.0 Å². The Hall–Kier alpha value is -0.520. The zero-order valence-electron chi connectivity index (χ0n) is 11.6. The monoisotopic (exact) mass is 319 g/mol. The Bertz CT molecular complexity index is 444. The molecule has 3 unspecified atom stereocenters. The van der Waals surface area contributed by atoms with Gasteiger partial charge in [0.1, 0.15) is 18.0 Å². The molecule has 0 spiro atoms. The molecule has 0 radical (unpaired) electrons. The molecular formula is C14H19Cl2NO3. The molecule has 3 atom stereocenters. The Kier molecular flexibility index (Phi) is 5.93. The summed E-state index contributed by atoms with van der Waals surface area (Å²) in [6.45, 7) is 1.11. The molecule has 4 nitrogen and oxygen atoms in total. The van der Waals surface area contributed by atoms with Crippen LogP contribution in [0.25, 0.3) is 0 Å². The van der Waals surface area contributed by atoms with Gasteiger partial charge in [0.25, 0.3) is 0 Å². The Morgan fingerprint density at radius 3 is 2.80 bits per heavy atom. The molecule has 0 heterocycles. The molecule has 0 saturated heterocycles. The molecule has 1 aliphatic carbocycles. The predicted molar refractivity (Wildman–Crippen MR) is 80.0 cm³/mol. The van der Waals surface area contributed by atoms with Gasteiger partial charge in [0.05, 0.1) is 18.2 Å². The molecule has 1 N–H and O–H groups in total. The molecule has 1 fully saturated rings. The number of methoxy groups -OCH3 is 1. The molecular weight excluding hydrogens is 301 g/mol. The van der Waals surface area contributed by atoms with Crippen LogP contribution in [0.3, 0.4) is 0 Å². The standard InChI is InChI=1S/C14H19Cl2NO3/c1-17-11-8-13(14(11)19-6-5-18-2)20-12-7-9(15)3-4-10(12)16/h3-4,7,11,13-14,17H,5-6,8H2,1-2H3. The molecule has 1 aromatic carbocycles. The zero-order valence-corrected chi connectivity index (χ0v) is 13.1. The summed E-state index contributed by atoms with van der Waals surface area (Å²) in [5.41, 5.74) is 0. The lowest BCUT2D eigenvalue weighted by Gasteiger charge is -2.43. The minimum Gasteiger partial charge on any atom is -0.486 e. The van der Waals surface area contributed by atoms with Gasteiger partial charge in [-0.15, -0.1) is 0 Å². The van der Waals surface area contributed by atoms with Gasteiger partial charge in [-0.2, -0.15) is 0 Å². The first-order valence-corrected chi connectivity index (χ1v) is 7.30. The van der Waals surface area contributed by atoms with Gasteiger partial charge in [-0.25, -0.2) is 0 Å². The topological polar surface area (TPSA) is 39.7 Å². The quantitative estimate of drug-likeness (QED) is 0.784. The summed E-state index contributed by atoms with van der Waals surface area (Å²) in [6.07, 6.45) is 0.835. The van der Waals surface area contributed by atoms with Crippen molar-refractivity contribution in [3.63, 3.8) is 0 Å². The van der Waals surface area contributed by atoms with Gasteiger partial charge in [0.15, 0.2) is 0 Å². The molecule has 0 bridgehead atoms. The third-order valence-corrected chi connectivity index (χ3v) is 3.94. The number of halogens is 2. The second kappa shape index (κ2) is 7.48. The van der Waals surface area contributed by atoms with Gasteiger partial charge >= 0.3 is 0 Å². The van der Waals surface area contributed by atoms with Crippen LogP contribution in [-0.2, 0) is 9.47 Å². The number of ether oxygens (including phenoxy) is 3. The Morgan fingerprint density at radius 2 is 2.10 bits per heavy atom. The molecule has 6 heteroatoms. The highest BCUT2D eigenvalue weighted by molar-refractivity contribution is 6.34. The first kappa shape index (κ1) is 15.9. The second-order valence-electron chi connectivity index (χ2n) is 4.69. The van der Waals surface area contributed by atoms with Crippen molar-refractivity contribution < 1.29 is 14.2 Å². The van der Waals surface area contributed by atoms with Crippen LogP contribution >= 0.6 is 23.2 Å². The van der Waals surface area contributed by atoms with Gasteiger partial charge < -0.3 is 19.5 Å². The number of rotatable bonds is 7. The van der Waals surface area contributed by atoms with Crippen molar-refractivity contribution in [1.29, 1.82) is 0 Å². The number of hydrogen-bond donors (Lipinski definition) is 1. The maximum Gasteiger partial charge on any atom is 0.139 e. The van der Waals surface area contributed by atoms with Crippen molar-refractivity contribution >= 4 is 23.2 Å². The highest BCUT2D eigenvalue weighted by Crippen LogP contribution is 2.34. The van der Waals surface area contributed by atoms with Gasteiger partial charge in [-0.05, 0) is 19.2 Å². The second-order valence-corrected chi connectivity index (χ2v) is 5.53. The fourth-order valence-electron chi connectivity index (χ4n) is 2.20. The maximum absolute atomic E-state index is 6.11. The van der Waals surface area contributed by atoms with Crippen LogP contribution in [-0.4, -0.2) is 45.6 Å². The van der Waals surface area contributed by atoms with Crippen LogP contribution in [0.15, 0.2) is 18.2 Å². The SMILES string of the molecule is CNC1CC(Oc2cc(Cl)ccc2Cl)C1OCCOC. The minimum atomic E-state index is -0.0275. The lowest BCUT2D eigenvalue weighted by atomic mass is 9.85. The van der Waals surface area contributed by atoms with Gasteiger partial charge in [-0.1, -0.05) is 23.2 Å². The van der Waals surface area contributed by atoms with E-state index in [1.807, 2.05) is 7.05 Å². The molecule has 1 aliphatic rings. The average molecular weight is 320 g/mol. The van der Waals surface area contributed by atoms with E-state index in [4.69, 9.17) is 37.4 Å². The first-order valence-electron chi connectivity index (χ1n) is 6.55. The molecule has 20 heavy (non-hydrogen) atoms. The fraction of sp³-hybridized carbons (Fsp3) is 0.571. The molecule has 112 valence electrons. The van der Waals surface area contributed by atoms with Crippen molar-refractivity contribution in [3.05, 3.63) is 28.2 Å². The average Bonchev–Trinajstić information content (AvgIpc) is 2.42. The first-order chi connectivity index (χ1) is 9.65. The Morgan fingerprint density at radius 1 is 1.30 bits per heavy atom. The van der Waals surface area contributed by atoms with Crippen LogP contribution in [0.4, 0.5) is 0 Å². The van der Waals surface area contributed by atoms with Crippen molar-refractivity contribution in [2.45, 2.75) is 24.7 Å². The third kappa shape index (κ3) is 3.77. The number of benzene rings is 1. The predicted octanol–water partition coefficient (Wildman–Crippen LogP) is 2.76. The van der Waals surface area contributed by atoms with Crippen molar-refractivity contribution in [2.75, 3.05) is 27.4 Å². The molecule has 0 aromatic heterocycles. The van der Waals surface area contributed by atoms with Gasteiger partial charge in [0, 0.05) is 30.7 Å². The zero-order chi connectivity index (χ0) is 14.5. The normalized spacial score (nSPS) is 25.3. The van der Waals surface area contributed by atoms with Gasteiger partial charge in [0.2, 0.25) is 0 Å². The molecule has 1 aromatic rings. The summed E-state index contributed by atoms with van der Waals surface area (Å²) in [7, 11) is 3.57. The van der Waals surface area contributed by atoms with E-state index in [1.165, 1.54) is 0 Å². The van der Waals surface area contributed by atoms with Crippen LogP contribution in [0.1, 0.15) is 6.42 Å². The Labute approximate surface area is 129 Å². The smallest absolute Gasteiger partial charge is 0.139 e. The highest BCUT2D eigenvalue weighted by Gasteiger charge is 2.43. The number of nitrogens with one attached hydrogen (secondary N) is 1. The molecule has 2 rings (SSSR count). The Balaban J connectivity index is 1.95. The van der Waals surface area contributed by atoms with E-state index in [0.717, 1.165) is 6.42 Å². The largest absolute Gasteiger partial charge is 0.486 e. The van der Waals surface area contributed by atoms with E-state index in [1.54, 1.807) is 25.3 Å². The summed E-state index contributed by atoms with van der Waals surface area (Å²) in [6, 6.07) is 5.48. The van der Waals surface area contributed by atoms with Crippen molar-refractivity contribution in [1.82, 2.24) is 5.32 Å². The van der Waals surface area contributed by atoms with E-state index in [2.05, 4.69) is 5.32 Å². The lowest BCUT2D eigenvalue weighted by Crippen LogP contribution is -2.60. The van der Waals surface area contributed by atoms with Crippen LogP contribution in [0, 0.1) is 0 Å². The molecule has 0 amide bonds. The lowest BCUT2D eigenvalue weighted by molar-refractivity contribution is -0.114. The van der Waals surface area contributed by atoms with Crippen LogP contribution in [0.2, 0.25) is 10.0 Å². The highest BCUT2D eigenvalue weighted by atomic mass is 35.5. The van der Waals surface area contributed by atoms with Crippen molar-refractivity contribution in [3.8, 4) is 5.75 Å². The van der Waals surface area contributed by atoms with E-state index in [-0.39, 0.29) is 18.2 Å². The molecule has 1 saturated carbocycles. The summed E-state index contributed by atoms with van der Waals surface area (Å²) in [5, 5.41) is 4.37. The number of hydrogen-bond acceptors (Lipinski definition) is 4.